The fourth-order valence-electron chi connectivity index (χ4n) is 2.93. The third-order valence-electron chi connectivity index (χ3n) is 4.24. The normalized spacial score (nSPS) is 11.3. The molecule has 1 amide bonds. The first-order valence-electron chi connectivity index (χ1n) is 8.83. The van der Waals surface area contributed by atoms with E-state index < -0.39 is 5.91 Å². The molecule has 7 nitrogen and oxygen atoms in total. The van der Waals surface area contributed by atoms with Crippen LogP contribution in [0.25, 0.3) is 17.2 Å². The molecule has 0 unspecified atom stereocenters. The second-order valence-corrected chi connectivity index (χ2v) is 6.16. The molecule has 0 radical (unpaired) electrons. The van der Waals surface area contributed by atoms with Crippen LogP contribution in [-0.2, 0) is 24.2 Å². The molecule has 0 saturated carbocycles. The number of aliphatic hydroxyl groups is 1. The minimum absolute atomic E-state index is 0.106. The highest BCUT2D eigenvalue weighted by atomic mass is 16.5. The van der Waals surface area contributed by atoms with Crippen LogP contribution in [0.5, 0.6) is 0 Å². The molecule has 27 heavy (non-hydrogen) atoms. The number of fused-ring (bicyclic) bond motifs is 1. The summed E-state index contributed by atoms with van der Waals surface area (Å²) in [4.78, 5) is 20.3. The van der Waals surface area contributed by atoms with Gasteiger partial charge in [-0.1, -0.05) is 30.3 Å². The van der Waals surface area contributed by atoms with E-state index >= 15 is 0 Å². The van der Waals surface area contributed by atoms with Crippen molar-refractivity contribution < 1.29 is 15.1 Å². The van der Waals surface area contributed by atoms with Crippen molar-refractivity contribution in [2.45, 2.75) is 25.8 Å². The topological polar surface area (TPSA) is 100 Å². The minimum atomic E-state index is -0.605. The van der Waals surface area contributed by atoms with Crippen LogP contribution in [0.4, 0.5) is 0 Å². The van der Waals surface area contributed by atoms with E-state index in [0.717, 1.165) is 29.8 Å². The highest BCUT2D eigenvalue weighted by Crippen LogP contribution is 2.18. The lowest BCUT2D eigenvalue weighted by atomic mass is 10.1. The van der Waals surface area contributed by atoms with Crippen molar-refractivity contribution >= 4 is 23.1 Å². The van der Waals surface area contributed by atoms with Gasteiger partial charge in [-0.3, -0.25) is 10.0 Å². The molecule has 3 N–H and O–H groups in total. The van der Waals surface area contributed by atoms with Crippen molar-refractivity contribution in [1.82, 2.24) is 20.0 Å². The van der Waals surface area contributed by atoms with E-state index in [9.17, 15) is 9.90 Å². The van der Waals surface area contributed by atoms with Crippen molar-refractivity contribution in [3.63, 3.8) is 0 Å². The summed E-state index contributed by atoms with van der Waals surface area (Å²) in [6.45, 7) is 0.751. The lowest BCUT2D eigenvalue weighted by Gasteiger charge is -2.08. The van der Waals surface area contributed by atoms with Gasteiger partial charge in [0.25, 0.3) is 5.91 Å². The lowest BCUT2D eigenvalue weighted by Crippen LogP contribution is -2.14. The van der Waals surface area contributed by atoms with Crippen molar-refractivity contribution in [3.05, 3.63) is 65.6 Å². The Balaban J connectivity index is 1.88. The Bertz CT molecular complexity index is 935. The van der Waals surface area contributed by atoms with Crippen molar-refractivity contribution in [3.8, 4) is 0 Å². The van der Waals surface area contributed by atoms with Gasteiger partial charge in [-0.05, 0) is 36.1 Å². The molecule has 0 spiro atoms. The largest absolute Gasteiger partial charge is 0.396 e. The SMILES string of the molecule is O=C(/C=C/c1cnc2c(c1)nc(CCc1ccccc1)n2CCCO)NO. The maximum absolute atomic E-state index is 11.1. The predicted molar refractivity (Wildman–Crippen MR) is 102 cm³/mol. The third-order valence-corrected chi connectivity index (χ3v) is 4.24. The number of aliphatic hydroxyl groups excluding tert-OH is 1. The molecule has 0 aliphatic heterocycles. The molecule has 0 saturated heterocycles. The monoisotopic (exact) mass is 366 g/mol. The van der Waals surface area contributed by atoms with E-state index in [1.54, 1.807) is 17.8 Å². The molecule has 0 aliphatic carbocycles. The maximum Gasteiger partial charge on any atom is 0.267 e. The number of imidazole rings is 1. The number of hydroxylamine groups is 1. The standard InChI is InChI=1S/C20H22N4O3/c25-12-4-11-24-18(9-7-15-5-2-1-3-6-15)22-17-13-16(14-21-20(17)24)8-10-19(26)23-27/h1-3,5-6,8,10,13-14,25,27H,4,7,9,11-12H2,(H,23,26)/b10-8+. The summed E-state index contributed by atoms with van der Waals surface area (Å²) in [7, 11) is 0. The molecule has 0 atom stereocenters. The third kappa shape index (κ3) is 4.78. The number of aromatic nitrogens is 3. The number of nitrogens with zero attached hydrogens (tertiary/aromatic N) is 3. The summed E-state index contributed by atoms with van der Waals surface area (Å²) in [5.41, 5.74) is 5.01. The molecule has 0 bridgehead atoms. The van der Waals surface area contributed by atoms with Crippen LogP contribution in [0.15, 0.2) is 48.7 Å². The summed E-state index contributed by atoms with van der Waals surface area (Å²) in [6.07, 6.45) is 6.71. The van der Waals surface area contributed by atoms with Crippen molar-refractivity contribution in [1.29, 1.82) is 0 Å². The molecule has 7 heteroatoms. The Kier molecular flexibility index (Phi) is 6.30. The van der Waals surface area contributed by atoms with Crippen LogP contribution in [0.1, 0.15) is 23.4 Å². The number of hydrogen-bond donors (Lipinski definition) is 3. The summed E-state index contributed by atoms with van der Waals surface area (Å²) < 4.78 is 2.04. The molecule has 2 heterocycles. The van der Waals surface area contributed by atoms with Crippen LogP contribution in [0, 0.1) is 0 Å². The summed E-state index contributed by atoms with van der Waals surface area (Å²) >= 11 is 0. The number of rotatable bonds is 8. The maximum atomic E-state index is 11.1. The summed E-state index contributed by atoms with van der Waals surface area (Å²) in [5, 5.41) is 17.8. The minimum Gasteiger partial charge on any atom is -0.396 e. The van der Waals surface area contributed by atoms with Gasteiger partial charge in [0, 0.05) is 31.8 Å². The molecular weight excluding hydrogens is 344 g/mol. The summed E-state index contributed by atoms with van der Waals surface area (Å²) in [5.74, 6) is 0.316. The Morgan fingerprint density at radius 1 is 1.22 bits per heavy atom. The van der Waals surface area contributed by atoms with Crippen LogP contribution >= 0.6 is 0 Å². The second kappa shape index (κ2) is 9.07. The lowest BCUT2D eigenvalue weighted by molar-refractivity contribution is -0.124. The van der Waals surface area contributed by atoms with E-state index in [0.29, 0.717) is 18.5 Å². The van der Waals surface area contributed by atoms with Crippen LogP contribution in [0.2, 0.25) is 0 Å². The highest BCUT2D eigenvalue weighted by molar-refractivity contribution is 5.91. The zero-order valence-corrected chi connectivity index (χ0v) is 14.9. The Hall–Kier alpha value is -3.03. The molecule has 3 aromatic rings. The Morgan fingerprint density at radius 3 is 2.78 bits per heavy atom. The smallest absolute Gasteiger partial charge is 0.267 e. The highest BCUT2D eigenvalue weighted by Gasteiger charge is 2.12. The van der Waals surface area contributed by atoms with Gasteiger partial charge in [-0.25, -0.2) is 15.4 Å². The van der Waals surface area contributed by atoms with Crippen molar-refractivity contribution in [2.75, 3.05) is 6.61 Å². The van der Waals surface area contributed by atoms with Crippen LogP contribution < -0.4 is 5.48 Å². The molecule has 3 rings (SSSR count). The quantitative estimate of drug-likeness (QED) is 0.322. The molecule has 2 aromatic heterocycles. The number of nitrogens with one attached hydrogen (secondary N) is 1. The zero-order chi connectivity index (χ0) is 19.1. The van der Waals surface area contributed by atoms with E-state index in [1.807, 2.05) is 28.8 Å². The Labute approximate surface area is 157 Å². The van der Waals surface area contributed by atoms with Crippen LogP contribution in [-0.4, -0.2) is 37.4 Å². The predicted octanol–water partition coefficient (Wildman–Crippen LogP) is 2.12. The van der Waals surface area contributed by atoms with Gasteiger partial charge in [-0.15, -0.1) is 0 Å². The first kappa shape index (κ1) is 18.8. The van der Waals surface area contributed by atoms with E-state index in [-0.39, 0.29) is 6.61 Å². The summed E-state index contributed by atoms with van der Waals surface area (Å²) in [6, 6.07) is 12.1. The van der Waals surface area contributed by atoms with Crippen molar-refractivity contribution in [2.24, 2.45) is 0 Å². The van der Waals surface area contributed by atoms with Gasteiger partial charge in [-0.2, -0.15) is 0 Å². The van der Waals surface area contributed by atoms with Gasteiger partial charge in [0.15, 0.2) is 5.65 Å². The average Bonchev–Trinajstić information content (AvgIpc) is 3.06. The number of hydrogen-bond acceptors (Lipinski definition) is 5. The first-order valence-corrected chi connectivity index (χ1v) is 8.83. The molecule has 1 aromatic carbocycles. The molecule has 140 valence electrons. The van der Waals surface area contributed by atoms with Gasteiger partial charge in [0.05, 0.1) is 0 Å². The number of carbonyl (C=O) groups is 1. The molecule has 0 aliphatic rings. The number of pyridine rings is 1. The van der Waals surface area contributed by atoms with Gasteiger partial charge in [0.1, 0.15) is 11.3 Å². The van der Waals surface area contributed by atoms with Gasteiger partial charge >= 0.3 is 0 Å². The molecule has 0 fully saturated rings. The number of carbonyl (C=O) groups excluding carboxylic acids is 1. The molecular formula is C20H22N4O3. The fraction of sp³-hybridized carbons (Fsp3) is 0.250. The van der Waals surface area contributed by atoms with Gasteiger partial charge in [0.2, 0.25) is 0 Å². The number of benzene rings is 1. The van der Waals surface area contributed by atoms with E-state index in [1.165, 1.54) is 11.6 Å². The second-order valence-electron chi connectivity index (χ2n) is 6.16. The number of amides is 1. The average molecular weight is 366 g/mol. The van der Waals surface area contributed by atoms with E-state index in [4.69, 9.17) is 10.2 Å². The van der Waals surface area contributed by atoms with Crippen LogP contribution in [0.3, 0.4) is 0 Å². The van der Waals surface area contributed by atoms with Gasteiger partial charge < -0.3 is 9.67 Å². The Morgan fingerprint density at radius 2 is 2.04 bits per heavy atom. The van der Waals surface area contributed by atoms with E-state index in [2.05, 4.69) is 17.1 Å². The first-order chi connectivity index (χ1) is 13.2. The zero-order valence-electron chi connectivity index (χ0n) is 14.9. The number of aryl methyl sites for hydroxylation is 3. The fourth-order valence-corrected chi connectivity index (χ4v) is 2.93.